The van der Waals surface area contributed by atoms with Crippen LogP contribution in [0.1, 0.15) is 50.9 Å². The summed E-state index contributed by atoms with van der Waals surface area (Å²) in [5.41, 5.74) is 0.363. The second kappa shape index (κ2) is 8.52. The molecule has 1 aromatic carbocycles. The monoisotopic (exact) mass is 375 g/mol. The summed E-state index contributed by atoms with van der Waals surface area (Å²) in [5.74, 6) is -1.23. The summed E-state index contributed by atoms with van der Waals surface area (Å²) in [5, 5.41) is 14.8. The van der Waals surface area contributed by atoms with E-state index in [1.165, 1.54) is 0 Å². The molecule has 1 saturated carbocycles. The van der Waals surface area contributed by atoms with Gasteiger partial charge in [0.05, 0.1) is 17.8 Å². The summed E-state index contributed by atoms with van der Waals surface area (Å²) in [7, 11) is 0. The Kier molecular flexibility index (Phi) is 6.59. The predicted molar refractivity (Wildman–Crippen MR) is 104 cm³/mol. The summed E-state index contributed by atoms with van der Waals surface area (Å²) >= 11 is 0. The quantitative estimate of drug-likeness (QED) is 0.679. The molecule has 7 nitrogen and oxygen atoms in total. The van der Waals surface area contributed by atoms with E-state index in [0.29, 0.717) is 17.8 Å². The third kappa shape index (κ3) is 5.53. The SMILES string of the molecule is CCN(CC(=O)O)C1CC(NC(=O)c2ccccc2NC(=O)C(C)(C)C)C1. The Balaban J connectivity index is 1.96. The van der Waals surface area contributed by atoms with E-state index in [0.717, 1.165) is 12.8 Å². The van der Waals surface area contributed by atoms with Gasteiger partial charge in [-0.05, 0) is 31.5 Å². The molecule has 3 N–H and O–H groups in total. The minimum absolute atomic E-state index is 0.0109. The maximum atomic E-state index is 12.7. The zero-order valence-corrected chi connectivity index (χ0v) is 16.4. The molecule has 0 radical (unpaired) electrons. The number of nitrogens with zero attached hydrogens (tertiary/aromatic N) is 1. The Hall–Kier alpha value is -2.41. The van der Waals surface area contributed by atoms with Gasteiger partial charge in [-0.15, -0.1) is 0 Å². The molecular weight excluding hydrogens is 346 g/mol. The lowest BCUT2D eigenvalue weighted by molar-refractivity contribution is -0.139. The van der Waals surface area contributed by atoms with Crippen LogP contribution >= 0.6 is 0 Å². The second-order valence-corrected chi connectivity index (χ2v) is 8.00. The van der Waals surface area contributed by atoms with Crippen molar-refractivity contribution in [3.05, 3.63) is 29.8 Å². The van der Waals surface area contributed by atoms with Crippen molar-refractivity contribution in [2.75, 3.05) is 18.4 Å². The van der Waals surface area contributed by atoms with Gasteiger partial charge in [-0.3, -0.25) is 19.3 Å². The molecule has 148 valence electrons. The highest BCUT2D eigenvalue weighted by Crippen LogP contribution is 2.27. The molecule has 0 aliphatic heterocycles. The number of amides is 2. The van der Waals surface area contributed by atoms with Gasteiger partial charge >= 0.3 is 5.97 Å². The third-order valence-corrected chi connectivity index (χ3v) is 4.81. The molecule has 1 aliphatic rings. The molecule has 1 aliphatic carbocycles. The molecule has 0 saturated heterocycles. The van der Waals surface area contributed by atoms with Gasteiger partial charge in [-0.25, -0.2) is 0 Å². The highest BCUT2D eigenvalue weighted by Gasteiger charge is 2.35. The molecule has 2 rings (SSSR count). The van der Waals surface area contributed by atoms with Crippen LogP contribution in [0.3, 0.4) is 0 Å². The van der Waals surface area contributed by atoms with Crippen molar-refractivity contribution in [2.24, 2.45) is 5.41 Å². The number of carboxylic acid groups (broad SMARTS) is 1. The number of carbonyl (C=O) groups is 3. The number of anilines is 1. The van der Waals surface area contributed by atoms with E-state index in [9.17, 15) is 14.4 Å². The van der Waals surface area contributed by atoms with Gasteiger partial charge in [0.15, 0.2) is 0 Å². The fourth-order valence-corrected chi connectivity index (χ4v) is 3.04. The van der Waals surface area contributed by atoms with Crippen molar-refractivity contribution in [1.82, 2.24) is 10.2 Å². The summed E-state index contributed by atoms with van der Waals surface area (Å²) in [4.78, 5) is 37.7. The maximum absolute atomic E-state index is 12.7. The molecule has 1 fully saturated rings. The van der Waals surface area contributed by atoms with Crippen LogP contribution in [-0.4, -0.2) is 53.0 Å². The zero-order valence-electron chi connectivity index (χ0n) is 16.4. The van der Waals surface area contributed by atoms with Crippen LogP contribution in [0.25, 0.3) is 0 Å². The number of carbonyl (C=O) groups excluding carboxylic acids is 2. The van der Waals surface area contributed by atoms with Gasteiger partial charge < -0.3 is 15.7 Å². The largest absolute Gasteiger partial charge is 0.480 e. The Bertz CT molecular complexity index is 705. The number of rotatable bonds is 7. The van der Waals surface area contributed by atoms with E-state index in [1.54, 1.807) is 24.3 Å². The van der Waals surface area contributed by atoms with Crippen LogP contribution in [0.15, 0.2) is 24.3 Å². The molecule has 1 aromatic rings. The minimum Gasteiger partial charge on any atom is -0.480 e. The van der Waals surface area contributed by atoms with Crippen LogP contribution in [-0.2, 0) is 9.59 Å². The van der Waals surface area contributed by atoms with E-state index in [2.05, 4.69) is 10.6 Å². The molecule has 0 spiro atoms. The van der Waals surface area contributed by atoms with Crippen LogP contribution in [0, 0.1) is 5.41 Å². The zero-order chi connectivity index (χ0) is 20.2. The van der Waals surface area contributed by atoms with Crippen molar-refractivity contribution in [1.29, 1.82) is 0 Å². The summed E-state index contributed by atoms with van der Waals surface area (Å²) in [6.07, 6.45) is 1.45. The highest BCUT2D eigenvalue weighted by molar-refractivity contribution is 6.04. The van der Waals surface area contributed by atoms with E-state index in [-0.39, 0.29) is 30.4 Å². The fourth-order valence-electron chi connectivity index (χ4n) is 3.04. The standard InChI is InChI=1S/C20H29N3O4/c1-5-23(12-17(24)25)14-10-13(11-14)21-18(26)15-8-6-7-9-16(15)22-19(27)20(2,3)4/h6-9,13-14H,5,10-12H2,1-4H3,(H,21,26)(H,22,27)(H,24,25). The van der Waals surface area contributed by atoms with Gasteiger partial charge in [-0.1, -0.05) is 39.8 Å². The molecule has 0 atom stereocenters. The Morgan fingerprint density at radius 2 is 1.81 bits per heavy atom. The first-order chi connectivity index (χ1) is 12.6. The summed E-state index contributed by atoms with van der Waals surface area (Å²) < 4.78 is 0. The lowest BCUT2D eigenvalue weighted by atomic mass is 9.85. The Labute approximate surface area is 160 Å². The van der Waals surface area contributed by atoms with Crippen molar-refractivity contribution in [3.63, 3.8) is 0 Å². The average molecular weight is 375 g/mol. The number of carboxylic acids is 1. The van der Waals surface area contributed by atoms with Crippen LogP contribution in [0.5, 0.6) is 0 Å². The lowest BCUT2D eigenvalue weighted by Crippen LogP contribution is -2.54. The van der Waals surface area contributed by atoms with Crippen molar-refractivity contribution < 1.29 is 19.5 Å². The lowest BCUT2D eigenvalue weighted by Gasteiger charge is -2.42. The molecule has 27 heavy (non-hydrogen) atoms. The first kappa shape index (κ1) is 20.9. The van der Waals surface area contributed by atoms with E-state index < -0.39 is 11.4 Å². The number of para-hydroxylation sites is 1. The van der Waals surface area contributed by atoms with Gasteiger partial charge in [0.25, 0.3) is 5.91 Å². The summed E-state index contributed by atoms with van der Waals surface area (Å²) in [6, 6.07) is 7.13. The van der Waals surface area contributed by atoms with Gasteiger partial charge in [-0.2, -0.15) is 0 Å². The molecule has 0 heterocycles. The van der Waals surface area contributed by atoms with E-state index >= 15 is 0 Å². The molecule has 0 bridgehead atoms. The van der Waals surface area contributed by atoms with Gasteiger partial charge in [0, 0.05) is 17.5 Å². The van der Waals surface area contributed by atoms with Gasteiger partial charge in [0.2, 0.25) is 5.91 Å². The number of benzene rings is 1. The van der Waals surface area contributed by atoms with Crippen molar-refractivity contribution >= 4 is 23.5 Å². The van der Waals surface area contributed by atoms with Crippen LogP contribution in [0.4, 0.5) is 5.69 Å². The number of likely N-dealkylation sites (N-methyl/N-ethyl adjacent to an activating group) is 1. The molecule has 0 unspecified atom stereocenters. The topological polar surface area (TPSA) is 98.7 Å². The van der Waals surface area contributed by atoms with Crippen molar-refractivity contribution in [3.8, 4) is 0 Å². The fraction of sp³-hybridized carbons (Fsp3) is 0.550. The highest BCUT2D eigenvalue weighted by atomic mass is 16.4. The first-order valence-electron chi connectivity index (χ1n) is 9.29. The molecular formula is C20H29N3O4. The van der Waals surface area contributed by atoms with E-state index in [4.69, 9.17) is 5.11 Å². The predicted octanol–water partition coefficient (Wildman–Crippen LogP) is 2.34. The smallest absolute Gasteiger partial charge is 0.317 e. The maximum Gasteiger partial charge on any atom is 0.317 e. The molecule has 0 aromatic heterocycles. The average Bonchev–Trinajstić information content (AvgIpc) is 2.55. The third-order valence-electron chi connectivity index (χ3n) is 4.81. The van der Waals surface area contributed by atoms with E-state index in [1.807, 2.05) is 32.6 Å². The normalized spacial score (nSPS) is 19.3. The number of hydrogen-bond acceptors (Lipinski definition) is 4. The van der Waals surface area contributed by atoms with Crippen LogP contribution < -0.4 is 10.6 Å². The molecule has 7 heteroatoms. The van der Waals surface area contributed by atoms with Crippen molar-refractivity contribution in [2.45, 2.75) is 52.6 Å². The van der Waals surface area contributed by atoms with Gasteiger partial charge in [0.1, 0.15) is 0 Å². The second-order valence-electron chi connectivity index (χ2n) is 8.00. The summed E-state index contributed by atoms with van der Waals surface area (Å²) in [6.45, 7) is 8.06. The minimum atomic E-state index is -0.840. The Morgan fingerprint density at radius 3 is 2.37 bits per heavy atom. The number of aliphatic carboxylic acids is 1. The number of hydrogen-bond donors (Lipinski definition) is 3. The Morgan fingerprint density at radius 1 is 1.19 bits per heavy atom. The number of nitrogens with one attached hydrogen (secondary N) is 2. The molecule has 2 amide bonds. The van der Waals surface area contributed by atoms with Crippen LogP contribution in [0.2, 0.25) is 0 Å². The first-order valence-corrected chi connectivity index (χ1v) is 9.29.